The maximum Gasteiger partial charge on any atom is 0.341 e. The van der Waals surface area contributed by atoms with Crippen molar-refractivity contribution in [3.05, 3.63) is 24.5 Å². The van der Waals surface area contributed by atoms with Crippen molar-refractivity contribution in [1.29, 1.82) is 0 Å². The van der Waals surface area contributed by atoms with E-state index in [9.17, 15) is 8.42 Å². The summed E-state index contributed by atoms with van der Waals surface area (Å²) in [5, 5.41) is 3.94. The molecule has 0 saturated carbocycles. The molecule has 1 heterocycles. The first-order valence-corrected chi connectivity index (χ1v) is 7.10. The highest BCUT2D eigenvalue weighted by molar-refractivity contribution is 7.89. The fourth-order valence-electron chi connectivity index (χ4n) is 1.44. The van der Waals surface area contributed by atoms with Crippen molar-refractivity contribution in [2.75, 3.05) is 19.8 Å². The van der Waals surface area contributed by atoms with Gasteiger partial charge in [-0.1, -0.05) is 0 Å². The molecule has 1 aromatic heterocycles. The Kier molecular flexibility index (Phi) is 3.64. The van der Waals surface area contributed by atoms with Gasteiger partial charge < -0.3 is 10.5 Å². The van der Waals surface area contributed by atoms with E-state index in [-0.39, 0.29) is 16.7 Å². The van der Waals surface area contributed by atoms with Crippen LogP contribution in [0.4, 0.5) is 5.69 Å². The summed E-state index contributed by atoms with van der Waals surface area (Å²) in [7, 11) is 1.04. The van der Waals surface area contributed by atoms with E-state index in [1.807, 2.05) is 0 Å². The average Bonchev–Trinajstić information content (AvgIpc) is 2.77. The van der Waals surface area contributed by atoms with E-state index in [0.717, 1.165) is 4.31 Å². The molecular formula is C11H15N5O3S. The van der Waals surface area contributed by atoms with Crippen LogP contribution in [0.5, 0.6) is 11.8 Å². The molecule has 20 heavy (non-hydrogen) atoms. The normalized spacial score (nSPS) is 11.8. The molecule has 0 unspecified atom stereocenters. The number of hydrogen-bond donors (Lipinski definition) is 1. The first-order valence-electron chi connectivity index (χ1n) is 5.66. The quantitative estimate of drug-likeness (QED) is 0.821. The minimum Gasteiger partial charge on any atom is -0.421 e. The summed E-state index contributed by atoms with van der Waals surface area (Å²) in [6, 6.07) is 4.33. The number of ether oxygens (including phenoxy) is 1. The van der Waals surface area contributed by atoms with Crippen molar-refractivity contribution in [3.8, 4) is 11.8 Å². The summed E-state index contributed by atoms with van der Waals surface area (Å²) in [4.78, 5) is 3.98. The summed E-state index contributed by atoms with van der Waals surface area (Å²) < 4.78 is 32.1. The van der Waals surface area contributed by atoms with Crippen LogP contribution in [-0.2, 0) is 17.1 Å². The molecule has 1 aromatic carbocycles. The van der Waals surface area contributed by atoms with E-state index < -0.39 is 10.0 Å². The molecule has 0 atom stereocenters. The number of nitrogens with zero attached hydrogens (tertiary/aromatic N) is 4. The fraction of sp³-hybridized carbons (Fsp3) is 0.273. The highest BCUT2D eigenvalue weighted by atomic mass is 32.2. The Morgan fingerprint density at radius 1 is 1.35 bits per heavy atom. The van der Waals surface area contributed by atoms with E-state index >= 15 is 0 Å². The number of nitrogens with two attached hydrogens (primary N) is 1. The molecule has 9 heteroatoms. The molecule has 2 N–H and O–H groups in total. The van der Waals surface area contributed by atoms with Crippen molar-refractivity contribution in [3.63, 3.8) is 0 Å². The van der Waals surface area contributed by atoms with Crippen LogP contribution in [0, 0.1) is 0 Å². The number of aryl methyl sites for hydroxylation is 1. The predicted molar refractivity (Wildman–Crippen MR) is 72.8 cm³/mol. The Hall–Kier alpha value is -2.13. The molecule has 0 saturated heterocycles. The molecule has 0 amide bonds. The molecule has 0 fully saturated rings. The summed E-state index contributed by atoms with van der Waals surface area (Å²) >= 11 is 0. The number of nitrogen functional groups attached to an aromatic ring is 1. The number of anilines is 1. The van der Waals surface area contributed by atoms with Crippen LogP contribution in [0.3, 0.4) is 0 Å². The maximum absolute atomic E-state index is 12.0. The van der Waals surface area contributed by atoms with Crippen LogP contribution >= 0.6 is 0 Å². The number of benzene rings is 1. The topological polar surface area (TPSA) is 103 Å². The van der Waals surface area contributed by atoms with Gasteiger partial charge in [0, 0.05) is 27.2 Å². The molecule has 2 rings (SSSR count). The molecule has 0 bridgehead atoms. The Labute approximate surface area is 116 Å². The number of aromatic nitrogens is 3. The average molecular weight is 297 g/mol. The van der Waals surface area contributed by atoms with Crippen molar-refractivity contribution in [2.24, 2.45) is 7.05 Å². The standard InChI is InChI=1S/C11H15N5O3S/c1-15(2)20(17,18)8-4-5-9(12)10(6-8)19-11-13-7-16(3)14-11/h4-7H,12H2,1-3H3. The third-order valence-corrected chi connectivity index (χ3v) is 4.35. The number of rotatable bonds is 4. The van der Waals surface area contributed by atoms with E-state index in [1.54, 1.807) is 7.05 Å². The Bertz CT molecular complexity index is 723. The zero-order valence-corrected chi connectivity index (χ0v) is 12.1. The zero-order valence-electron chi connectivity index (χ0n) is 11.3. The van der Waals surface area contributed by atoms with Gasteiger partial charge in [-0.3, -0.25) is 4.68 Å². The Morgan fingerprint density at radius 3 is 2.60 bits per heavy atom. The van der Waals surface area contributed by atoms with Crippen LogP contribution < -0.4 is 10.5 Å². The second kappa shape index (κ2) is 5.10. The van der Waals surface area contributed by atoms with Gasteiger partial charge in [0.1, 0.15) is 6.33 Å². The van der Waals surface area contributed by atoms with E-state index in [4.69, 9.17) is 10.5 Å². The molecule has 108 valence electrons. The summed E-state index contributed by atoms with van der Waals surface area (Å²) in [6.07, 6.45) is 1.46. The van der Waals surface area contributed by atoms with Crippen molar-refractivity contribution in [1.82, 2.24) is 19.1 Å². The maximum atomic E-state index is 12.0. The first-order chi connectivity index (χ1) is 9.30. The monoisotopic (exact) mass is 297 g/mol. The van der Waals surface area contributed by atoms with E-state index in [1.165, 1.54) is 43.3 Å². The van der Waals surface area contributed by atoms with Gasteiger partial charge in [-0.2, -0.15) is 4.98 Å². The summed E-state index contributed by atoms with van der Waals surface area (Å²) in [6.45, 7) is 0. The molecule has 0 radical (unpaired) electrons. The second-order valence-corrected chi connectivity index (χ2v) is 6.44. The van der Waals surface area contributed by atoms with Gasteiger partial charge in [0.25, 0.3) is 0 Å². The highest BCUT2D eigenvalue weighted by Gasteiger charge is 2.19. The minimum absolute atomic E-state index is 0.0858. The van der Waals surface area contributed by atoms with Crippen molar-refractivity contribution >= 4 is 15.7 Å². The van der Waals surface area contributed by atoms with Crippen LogP contribution in [0.15, 0.2) is 29.4 Å². The van der Waals surface area contributed by atoms with E-state index in [2.05, 4.69) is 10.1 Å². The lowest BCUT2D eigenvalue weighted by Crippen LogP contribution is -2.22. The SMILES string of the molecule is CN(C)S(=O)(=O)c1ccc(N)c(Oc2ncn(C)n2)c1. The van der Waals surface area contributed by atoms with Gasteiger partial charge in [0.2, 0.25) is 10.0 Å². The van der Waals surface area contributed by atoms with Gasteiger partial charge in [0.05, 0.1) is 10.6 Å². The third kappa shape index (κ3) is 2.73. The fourth-order valence-corrected chi connectivity index (χ4v) is 2.36. The van der Waals surface area contributed by atoms with Gasteiger partial charge in [0.15, 0.2) is 5.75 Å². The Morgan fingerprint density at radius 2 is 2.05 bits per heavy atom. The van der Waals surface area contributed by atoms with Gasteiger partial charge in [-0.15, -0.1) is 5.10 Å². The third-order valence-electron chi connectivity index (χ3n) is 2.54. The smallest absolute Gasteiger partial charge is 0.341 e. The van der Waals surface area contributed by atoms with Crippen LogP contribution in [0.1, 0.15) is 0 Å². The molecule has 2 aromatic rings. The van der Waals surface area contributed by atoms with E-state index in [0.29, 0.717) is 5.69 Å². The summed E-state index contributed by atoms with van der Waals surface area (Å²) in [5.74, 6) is 0.194. The molecular weight excluding hydrogens is 282 g/mol. The largest absolute Gasteiger partial charge is 0.421 e. The summed E-state index contributed by atoms with van der Waals surface area (Å²) in [5.41, 5.74) is 6.07. The predicted octanol–water partition coefficient (Wildman–Crippen LogP) is 0.440. The Balaban J connectivity index is 2.39. The minimum atomic E-state index is -3.55. The lowest BCUT2D eigenvalue weighted by Gasteiger charge is -2.13. The number of sulfonamides is 1. The number of hydrogen-bond acceptors (Lipinski definition) is 6. The first kappa shape index (κ1) is 14.3. The van der Waals surface area contributed by atoms with Crippen LogP contribution in [-0.4, -0.2) is 41.6 Å². The second-order valence-electron chi connectivity index (χ2n) is 4.29. The molecule has 0 spiro atoms. The lowest BCUT2D eigenvalue weighted by atomic mass is 10.3. The molecule has 0 aliphatic heterocycles. The van der Waals surface area contributed by atoms with Crippen molar-refractivity contribution < 1.29 is 13.2 Å². The zero-order chi connectivity index (χ0) is 14.9. The molecule has 0 aliphatic carbocycles. The lowest BCUT2D eigenvalue weighted by molar-refractivity contribution is 0.439. The van der Waals surface area contributed by atoms with Crippen molar-refractivity contribution in [2.45, 2.75) is 4.90 Å². The van der Waals surface area contributed by atoms with Crippen LogP contribution in [0.2, 0.25) is 0 Å². The van der Waals surface area contributed by atoms with Gasteiger partial charge in [-0.25, -0.2) is 12.7 Å². The molecule has 8 nitrogen and oxygen atoms in total. The molecule has 0 aliphatic rings. The highest BCUT2D eigenvalue weighted by Crippen LogP contribution is 2.29. The van der Waals surface area contributed by atoms with Gasteiger partial charge >= 0.3 is 6.01 Å². The van der Waals surface area contributed by atoms with Crippen LogP contribution in [0.25, 0.3) is 0 Å². The van der Waals surface area contributed by atoms with Gasteiger partial charge in [-0.05, 0) is 12.1 Å².